The van der Waals surface area contributed by atoms with Crippen LogP contribution >= 0.6 is 0 Å². The fourth-order valence-corrected chi connectivity index (χ4v) is 13.4. The van der Waals surface area contributed by atoms with Crippen molar-refractivity contribution in [1.29, 1.82) is 0 Å². The molecule has 7 rings (SSSR count). The Morgan fingerprint density at radius 1 is 0.690 bits per heavy atom. The summed E-state index contributed by atoms with van der Waals surface area (Å²) in [5.74, 6) is -4.47. The zero-order valence-corrected chi connectivity index (χ0v) is 34.4. The number of carbonyl (C=O) groups excluding carboxylic acids is 1. The Balaban J connectivity index is 1.17. The second kappa shape index (κ2) is 14.3. The van der Waals surface area contributed by atoms with Gasteiger partial charge in [0.1, 0.15) is 36.6 Å². The Labute approximate surface area is 337 Å². The highest BCUT2D eigenvalue weighted by Crippen LogP contribution is 2.75. The topological polar surface area (TPSA) is 267 Å². The maximum Gasteiger partial charge on any atom is 0.335 e. The molecule has 326 valence electrons. The van der Waals surface area contributed by atoms with Crippen LogP contribution in [0.5, 0.6) is 0 Å². The van der Waals surface area contributed by atoms with Gasteiger partial charge >= 0.3 is 17.9 Å². The van der Waals surface area contributed by atoms with Crippen LogP contribution in [0, 0.1) is 50.2 Å². The molecule has 4 saturated carbocycles. The molecule has 0 radical (unpaired) electrons. The average molecular weight is 823 g/mol. The summed E-state index contributed by atoms with van der Waals surface area (Å²) in [5, 5.41) is 83.0. The van der Waals surface area contributed by atoms with Gasteiger partial charge in [0.2, 0.25) is 0 Å². The molecular weight excluding hydrogens is 760 g/mol. The van der Waals surface area contributed by atoms with Crippen LogP contribution in [0.15, 0.2) is 11.6 Å². The number of ketones is 1. The van der Waals surface area contributed by atoms with Gasteiger partial charge in [-0.05, 0) is 110 Å². The second-order valence-corrected chi connectivity index (χ2v) is 20.6. The molecule has 0 unspecified atom stereocenters. The molecule has 16 nitrogen and oxygen atoms in total. The first-order valence-electron chi connectivity index (χ1n) is 20.7. The molecule has 58 heavy (non-hydrogen) atoms. The van der Waals surface area contributed by atoms with Gasteiger partial charge in [-0.1, -0.05) is 47.1 Å². The van der Waals surface area contributed by atoms with E-state index in [1.807, 2.05) is 26.8 Å². The molecule has 2 heterocycles. The maximum atomic E-state index is 14.8. The number of carboxylic acid groups (broad SMARTS) is 3. The maximum absolute atomic E-state index is 14.8. The molecule has 2 saturated heterocycles. The Hall–Kier alpha value is -2.54. The average Bonchev–Trinajstić information content (AvgIpc) is 3.13. The summed E-state index contributed by atoms with van der Waals surface area (Å²) in [6, 6.07) is 0. The van der Waals surface area contributed by atoms with Crippen molar-refractivity contribution >= 4 is 23.7 Å². The van der Waals surface area contributed by atoms with E-state index in [0.717, 1.165) is 37.7 Å². The number of aliphatic hydroxyl groups is 5. The third-order valence-electron chi connectivity index (χ3n) is 17.2. The first kappa shape index (κ1) is 43.5. The van der Waals surface area contributed by atoms with E-state index in [9.17, 15) is 60.0 Å². The minimum absolute atomic E-state index is 0.0217. The largest absolute Gasteiger partial charge is 0.481 e. The molecule has 0 bridgehead atoms. The van der Waals surface area contributed by atoms with E-state index in [1.54, 1.807) is 0 Å². The highest BCUT2D eigenvalue weighted by molar-refractivity contribution is 5.95. The number of ether oxygens (including phenoxy) is 4. The molecule has 0 aromatic heterocycles. The zero-order valence-electron chi connectivity index (χ0n) is 34.4. The van der Waals surface area contributed by atoms with Gasteiger partial charge in [-0.25, -0.2) is 9.59 Å². The SMILES string of the molecule is CC1(C)[C@@H](O[C@H]2O[C@H](C(=O)O)[C@@H](O)[C@H](O)[C@H]2O[C@@H]2O[C@H](C(=O)O)[C@@H](O)[C@H](O)[C@H]2O)CC[C@@]2(C)[C@H]1CC[C@]1(C)[C@H]2C(=O)C=C2[C@H]3C[C@](C)(C(=O)O)CC[C@]3(C)CC[C@]21C. The molecule has 0 aromatic rings. The number of allylic oxidation sites excluding steroid dienone is 2. The highest BCUT2D eigenvalue weighted by atomic mass is 16.8. The smallest absolute Gasteiger partial charge is 0.335 e. The van der Waals surface area contributed by atoms with Gasteiger partial charge in [0.15, 0.2) is 30.6 Å². The number of hydrogen-bond acceptors (Lipinski definition) is 13. The fraction of sp³-hybridized carbons (Fsp3) is 0.857. The Kier molecular flexibility index (Phi) is 10.7. The van der Waals surface area contributed by atoms with Crippen molar-refractivity contribution in [3.05, 3.63) is 11.6 Å². The van der Waals surface area contributed by atoms with Crippen LogP contribution in [0.1, 0.15) is 106 Å². The Morgan fingerprint density at radius 2 is 1.28 bits per heavy atom. The minimum atomic E-state index is -2.05. The van der Waals surface area contributed by atoms with Gasteiger partial charge < -0.3 is 59.8 Å². The van der Waals surface area contributed by atoms with Crippen molar-refractivity contribution < 1.29 is 79.0 Å². The van der Waals surface area contributed by atoms with E-state index in [0.29, 0.717) is 25.7 Å². The van der Waals surface area contributed by atoms with Crippen molar-refractivity contribution in [1.82, 2.24) is 0 Å². The number of hydrogen-bond donors (Lipinski definition) is 8. The molecule has 0 amide bonds. The molecule has 7 aliphatic rings. The summed E-state index contributed by atoms with van der Waals surface area (Å²) in [6.45, 7) is 14.8. The van der Waals surface area contributed by atoms with E-state index in [-0.39, 0.29) is 34.4 Å². The molecule has 0 aromatic carbocycles. The summed E-state index contributed by atoms with van der Waals surface area (Å²) in [6.07, 6.45) is -12.2. The van der Waals surface area contributed by atoms with Gasteiger partial charge in [0, 0.05) is 5.92 Å². The van der Waals surface area contributed by atoms with Crippen molar-refractivity contribution in [2.24, 2.45) is 50.2 Å². The van der Waals surface area contributed by atoms with Crippen molar-refractivity contribution in [3.63, 3.8) is 0 Å². The van der Waals surface area contributed by atoms with E-state index in [4.69, 9.17) is 18.9 Å². The van der Waals surface area contributed by atoms with Crippen molar-refractivity contribution in [2.45, 2.75) is 174 Å². The lowest BCUT2D eigenvalue weighted by atomic mass is 9.33. The molecule has 2 aliphatic heterocycles. The first-order valence-corrected chi connectivity index (χ1v) is 20.7. The van der Waals surface area contributed by atoms with Crippen LogP contribution in [-0.2, 0) is 38.1 Å². The second-order valence-electron chi connectivity index (χ2n) is 20.6. The van der Waals surface area contributed by atoms with Crippen LogP contribution in [0.25, 0.3) is 0 Å². The lowest BCUT2D eigenvalue weighted by Gasteiger charge is -2.70. The first-order chi connectivity index (χ1) is 26.8. The third kappa shape index (κ3) is 6.25. The van der Waals surface area contributed by atoms with E-state index < -0.39 is 107 Å². The number of rotatable bonds is 7. The van der Waals surface area contributed by atoms with Gasteiger partial charge in [0.05, 0.1) is 11.5 Å². The van der Waals surface area contributed by atoms with Crippen LogP contribution in [-0.4, -0.2) is 132 Å². The molecule has 16 heteroatoms. The summed E-state index contributed by atoms with van der Waals surface area (Å²) in [5.41, 5.74) is -1.81. The lowest BCUT2D eigenvalue weighted by Crippen LogP contribution is -2.68. The zero-order chi connectivity index (χ0) is 42.9. The lowest BCUT2D eigenvalue weighted by molar-refractivity contribution is -0.371. The predicted molar refractivity (Wildman–Crippen MR) is 199 cm³/mol. The van der Waals surface area contributed by atoms with Crippen molar-refractivity contribution in [3.8, 4) is 0 Å². The Bertz CT molecular complexity index is 1730. The van der Waals surface area contributed by atoms with Gasteiger partial charge in [-0.2, -0.15) is 0 Å². The van der Waals surface area contributed by atoms with Gasteiger partial charge in [0.25, 0.3) is 0 Å². The van der Waals surface area contributed by atoms with Crippen LogP contribution in [0.4, 0.5) is 0 Å². The minimum Gasteiger partial charge on any atom is -0.481 e. The monoisotopic (exact) mass is 822 g/mol. The number of aliphatic carboxylic acids is 3. The van der Waals surface area contributed by atoms with Crippen LogP contribution in [0.3, 0.4) is 0 Å². The third-order valence-corrected chi connectivity index (χ3v) is 17.2. The van der Waals surface area contributed by atoms with Crippen LogP contribution < -0.4 is 0 Å². The van der Waals surface area contributed by atoms with Crippen molar-refractivity contribution in [2.75, 3.05) is 0 Å². The number of fused-ring (bicyclic) bond motifs is 7. The normalized spacial score (nSPS) is 52.6. The van der Waals surface area contributed by atoms with E-state index in [2.05, 4.69) is 27.7 Å². The molecule has 6 fully saturated rings. The van der Waals surface area contributed by atoms with Crippen LogP contribution in [0.2, 0.25) is 0 Å². The fourth-order valence-electron chi connectivity index (χ4n) is 13.4. The molecular formula is C42H62O16. The summed E-state index contributed by atoms with van der Waals surface area (Å²) in [7, 11) is 0. The molecule has 0 spiro atoms. The summed E-state index contributed by atoms with van der Waals surface area (Å²) < 4.78 is 23.4. The van der Waals surface area contributed by atoms with E-state index >= 15 is 0 Å². The standard InChI is InChI=1S/C42H62O16/c1-37(2)21-8-11-42(7)31(20(43)16-18-19-17-39(4,36(53)54)13-12-38(19,3)14-15-41(18,42)6)40(21,5)10-9-22(37)55-35-30(26(47)25(46)29(57-35)33(51)52)58-34-27(48)23(44)24(45)28(56-34)32(49)50/h16,19,21-31,34-35,44-48H,8-15,17H2,1-7H3,(H,49,50)(H,51,52)(H,53,54)/t19-,21+,22+,23+,24+,25+,26+,27-,28+,29+,30-,31+,34+,35+,38-,39-,40+,41-,42-/m1/s1. The molecule has 8 N–H and O–H groups in total. The summed E-state index contributed by atoms with van der Waals surface area (Å²) in [4.78, 5) is 51.3. The number of carbonyl (C=O) groups is 4. The molecule has 5 aliphatic carbocycles. The Morgan fingerprint density at radius 3 is 1.88 bits per heavy atom. The number of aliphatic hydroxyl groups excluding tert-OH is 5. The van der Waals surface area contributed by atoms with Gasteiger partial charge in [-0.15, -0.1) is 0 Å². The predicted octanol–water partition coefficient (Wildman–Crippen LogP) is 2.25. The number of carboxylic acids is 3. The molecule has 19 atom stereocenters. The van der Waals surface area contributed by atoms with E-state index in [1.165, 1.54) is 0 Å². The quantitative estimate of drug-likeness (QED) is 0.171. The highest BCUT2D eigenvalue weighted by Gasteiger charge is 2.71. The van der Waals surface area contributed by atoms with Gasteiger partial charge in [-0.3, -0.25) is 9.59 Å². The summed E-state index contributed by atoms with van der Waals surface area (Å²) >= 11 is 0.